The summed E-state index contributed by atoms with van der Waals surface area (Å²) >= 11 is 0. The number of likely N-dealkylation sites (N-methyl/N-ethyl adjacent to an activating group) is 1. The van der Waals surface area contributed by atoms with E-state index in [-0.39, 0.29) is 30.9 Å². The molecule has 1 atom stereocenters. The van der Waals surface area contributed by atoms with Gasteiger partial charge in [-0.05, 0) is 50.5 Å². The van der Waals surface area contributed by atoms with Gasteiger partial charge in [-0.1, -0.05) is 24.3 Å². The van der Waals surface area contributed by atoms with E-state index in [1.807, 2.05) is 26.0 Å². The predicted octanol–water partition coefficient (Wildman–Crippen LogP) is 3.68. The molecule has 8 heteroatoms. The van der Waals surface area contributed by atoms with Gasteiger partial charge in [0, 0.05) is 38.8 Å². The molecule has 0 aromatic heterocycles. The molecular weight excluding hydrogens is 440 g/mol. The van der Waals surface area contributed by atoms with Gasteiger partial charge in [-0.15, -0.1) is 0 Å². The Morgan fingerprint density at radius 1 is 1.00 bits per heavy atom. The van der Waals surface area contributed by atoms with Gasteiger partial charge in [0.25, 0.3) is 11.8 Å². The monoisotopic (exact) mass is 469 g/mol. The Balaban J connectivity index is 1.76. The second-order valence-corrected chi connectivity index (χ2v) is 9.51. The van der Waals surface area contributed by atoms with Crippen LogP contribution in [0.25, 0.3) is 0 Å². The number of fused-ring (bicyclic) bond motifs is 1. The number of halogens is 2. The largest absolute Gasteiger partial charge is 0.348 e. The first-order chi connectivity index (χ1) is 16.1. The van der Waals surface area contributed by atoms with Crippen LogP contribution in [0.2, 0.25) is 0 Å². The topological polar surface area (TPSA) is 60.9 Å². The average molecular weight is 470 g/mol. The molecule has 2 aliphatic rings. The zero-order valence-corrected chi connectivity index (χ0v) is 19.8. The lowest BCUT2D eigenvalue weighted by Gasteiger charge is -2.56. The Hall–Kier alpha value is -3.29. The lowest BCUT2D eigenvalue weighted by molar-refractivity contribution is -0.136. The fourth-order valence-electron chi connectivity index (χ4n) is 5.56. The maximum atomic E-state index is 14.3. The van der Waals surface area contributed by atoms with E-state index in [1.165, 1.54) is 15.9 Å². The second kappa shape index (κ2) is 8.81. The molecule has 2 aromatic rings. The number of benzene rings is 2. The fourth-order valence-corrected chi connectivity index (χ4v) is 5.56. The number of hydrogen-bond donors (Lipinski definition) is 0. The van der Waals surface area contributed by atoms with Gasteiger partial charge in [0.15, 0.2) is 0 Å². The number of likely N-dealkylation sites (tertiary alicyclic amines) is 1. The SMILES string of the molecule is CC(C)N1C(=O)c2ccccc2C(C(=O)N(C)C)C12CCN(C(=O)c1c(F)cccc1F)CC2. The number of piperidine rings is 1. The maximum Gasteiger partial charge on any atom is 0.259 e. The molecule has 0 aliphatic carbocycles. The lowest BCUT2D eigenvalue weighted by Crippen LogP contribution is -2.67. The summed E-state index contributed by atoms with van der Waals surface area (Å²) in [5, 5.41) is 0. The number of hydrogen-bond acceptors (Lipinski definition) is 3. The van der Waals surface area contributed by atoms with Crippen molar-refractivity contribution in [3.63, 3.8) is 0 Å². The Labute approximate surface area is 198 Å². The van der Waals surface area contributed by atoms with Gasteiger partial charge in [0.05, 0.1) is 11.5 Å². The van der Waals surface area contributed by atoms with E-state index in [2.05, 4.69) is 0 Å². The predicted molar refractivity (Wildman–Crippen MR) is 123 cm³/mol. The summed E-state index contributed by atoms with van der Waals surface area (Å²) in [6, 6.07) is 10.3. The smallest absolute Gasteiger partial charge is 0.259 e. The van der Waals surface area contributed by atoms with Crippen molar-refractivity contribution in [2.24, 2.45) is 0 Å². The minimum atomic E-state index is -0.906. The van der Waals surface area contributed by atoms with Crippen molar-refractivity contribution in [3.8, 4) is 0 Å². The highest BCUT2D eigenvalue weighted by molar-refractivity contribution is 6.02. The van der Waals surface area contributed by atoms with Crippen LogP contribution in [0, 0.1) is 11.6 Å². The Morgan fingerprint density at radius 3 is 2.15 bits per heavy atom. The Morgan fingerprint density at radius 2 is 1.59 bits per heavy atom. The van der Waals surface area contributed by atoms with Gasteiger partial charge in [-0.3, -0.25) is 14.4 Å². The van der Waals surface area contributed by atoms with Crippen LogP contribution in [0.3, 0.4) is 0 Å². The zero-order valence-electron chi connectivity index (χ0n) is 19.8. The molecule has 180 valence electrons. The van der Waals surface area contributed by atoms with Crippen LogP contribution >= 0.6 is 0 Å². The van der Waals surface area contributed by atoms with Crippen molar-refractivity contribution in [2.75, 3.05) is 27.2 Å². The lowest BCUT2D eigenvalue weighted by atomic mass is 9.66. The molecule has 1 fully saturated rings. The molecular formula is C26H29F2N3O3. The standard InChI is InChI=1S/C26H29F2N3O3/c1-16(2)31-23(32)18-9-6-5-8-17(18)22(25(34)29(3)4)26(31)12-14-30(15-13-26)24(33)21-19(27)10-7-11-20(21)28/h5-11,16,22H,12-15H2,1-4H3. The third-order valence-corrected chi connectivity index (χ3v) is 7.04. The first-order valence-electron chi connectivity index (χ1n) is 11.5. The number of amides is 3. The molecule has 1 unspecified atom stereocenters. The average Bonchev–Trinajstić information content (AvgIpc) is 2.79. The van der Waals surface area contributed by atoms with E-state index in [1.54, 1.807) is 31.1 Å². The maximum absolute atomic E-state index is 14.3. The fraction of sp³-hybridized carbons (Fsp3) is 0.423. The molecule has 0 N–H and O–H groups in total. The highest BCUT2D eigenvalue weighted by Gasteiger charge is 2.56. The normalized spacial score (nSPS) is 19.4. The van der Waals surface area contributed by atoms with Crippen molar-refractivity contribution in [3.05, 3.63) is 70.8 Å². The second-order valence-electron chi connectivity index (χ2n) is 9.51. The molecule has 1 spiro atoms. The van der Waals surface area contributed by atoms with Crippen LogP contribution in [0.1, 0.15) is 58.9 Å². The molecule has 4 rings (SSSR count). The van der Waals surface area contributed by atoms with E-state index in [4.69, 9.17) is 0 Å². The highest BCUT2D eigenvalue weighted by atomic mass is 19.1. The molecule has 2 heterocycles. The summed E-state index contributed by atoms with van der Waals surface area (Å²) < 4.78 is 28.5. The van der Waals surface area contributed by atoms with E-state index < -0.39 is 34.6 Å². The van der Waals surface area contributed by atoms with E-state index >= 15 is 0 Å². The summed E-state index contributed by atoms with van der Waals surface area (Å²) in [6.45, 7) is 4.17. The minimum Gasteiger partial charge on any atom is -0.348 e. The van der Waals surface area contributed by atoms with Gasteiger partial charge in [0.1, 0.15) is 17.2 Å². The quantitative estimate of drug-likeness (QED) is 0.689. The summed E-state index contributed by atoms with van der Waals surface area (Å²) in [5.74, 6) is -3.41. The van der Waals surface area contributed by atoms with Crippen molar-refractivity contribution in [2.45, 2.75) is 44.2 Å². The molecule has 0 saturated carbocycles. The van der Waals surface area contributed by atoms with Crippen molar-refractivity contribution in [1.82, 2.24) is 14.7 Å². The van der Waals surface area contributed by atoms with Gasteiger partial charge in [0.2, 0.25) is 5.91 Å². The van der Waals surface area contributed by atoms with Gasteiger partial charge < -0.3 is 14.7 Å². The Kier molecular flexibility index (Phi) is 6.18. The Bertz CT molecular complexity index is 1120. The molecule has 2 aliphatic heterocycles. The first kappa shape index (κ1) is 23.9. The molecule has 0 bridgehead atoms. The molecule has 1 saturated heterocycles. The summed E-state index contributed by atoms with van der Waals surface area (Å²) in [7, 11) is 3.38. The van der Waals surface area contributed by atoms with E-state index in [0.717, 1.165) is 12.1 Å². The van der Waals surface area contributed by atoms with Crippen molar-refractivity contribution in [1.29, 1.82) is 0 Å². The molecule has 3 amide bonds. The summed E-state index contributed by atoms with van der Waals surface area (Å²) in [5.41, 5.74) is -0.243. The third kappa shape index (κ3) is 3.65. The van der Waals surface area contributed by atoms with Crippen LogP contribution < -0.4 is 0 Å². The highest BCUT2D eigenvalue weighted by Crippen LogP contribution is 2.48. The van der Waals surface area contributed by atoms with E-state index in [0.29, 0.717) is 24.0 Å². The minimum absolute atomic E-state index is 0.120. The van der Waals surface area contributed by atoms with Gasteiger partial charge >= 0.3 is 0 Å². The summed E-state index contributed by atoms with van der Waals surface area (Å²) in [6.07, 6.45) is 0.634. The number of carbonyl (C=O) groups is 3. The molecule has 34 heavy (non-hydrogen) atoms. The van der Waals surface area contributed by atoms with Gasteiger partial charge in [-0.25, -0.2) is 8.78 Å². The third-order valence-electron chi connectivity index (χ3n) is 7.04. The first-order valence-corrected chi connectivity index (χ1v) is 11.5. The van der Waals surface area contributed by atoms with Crippen LogP contribution in [0.4, 0.5) is 8.78 Å². The molecule has 0 radical (unpaired) electrons. The summed E-state index contributed by atoms with van der Waals surface area (Å²) in [4.78, 5) is 44.9. The molecule has 2 aromatic carbocycles. The number of carbonyl (C=O) groups excluding carboxylic acids is 3. The number of nitrogens with zero attached hydrogens (tertiary/aromatic N) is 3. The van der Waals surface area contributed by atoms with Crippen molar-refractivity contribution < 1.29 is 23.2 Å². The van der Waals surface area contributed by atoms with Crippen molar-refractivity contribution >= 4 is 17.7 Å². The number of rotatable bonds is 3. The van der Waals surface area contributed by atoms with Crippen LogP contribution in [0.5, 0.6) is 0 Å². The molecule has 6 nitrogen and oxygen atoms in total. The van der Waals surface area contributed by atoms with Crippen LogP contribution in [0.15, 0.2) is 42.5 Å². The zero-order chi connectivity index (χ0) is 24.8. The van der Waals surface area contributed by atoms with Crippen LogP contribution in [-0.2, 0) is 4.79 Å². The van der Waals surface area contributed by atoms with E-state index in [9.17, 15) is 23.2 Å². The van der Waals surface area contributed by atoms with Gasteiger partial charge in [-0.2, -0.15) is 0 Å². The van der Waals surface area contributed by atoms with Crippen LogP contribution in [-0.4, -0.2) is 71.2 Å².